The zero-order valence-electron chi connectivity index (χ0n) is 17.0. The van der Waals surface area contributed by atoms with Gasteiger partial charge in [0, 0.05) is 34.9 Å². The van der Waals surface area contributed by atoms with E-state index in [1.807, 2.05) is 32.3 Å². The van der Waals surface area contributed by atoms with Crippen molar-refractivity contribution in [2.75, 3.05) is 40.4 Å². The van der Waals surface area contributed by atoms with Crippen LogP contribution in [0.2, 0.25) is 0 Å². The SMILES string of the molecule is CN(C)C1CC=C2C(=O)N(CCOCCN3C(=O)C=CC3=O)C(=O)c3cccc1c32. The van der Waals surface area contributed by atoms with Gasteiger partial charge in [-0.2, -0.15) is 0 Å². The number of hydrogen-bond acceptors (Lipinski definition) is 6. The first kappa shape index (κ1) is 20.2. The van der Waals surface area contributed by atoms with Gasteiger partial charge in [-0.1, -0.05) is 18.2 Å². The number of rotatable bonds is 7. The van der Waals surface area contributed by atoms with E-state index in [2.05, 4.69) is 4.90 Å². The topological polar surface area (TPSA) is 87.2 Å². The monoisotopic (exact) mass is 409 g/mol. The third-order valence-electron chi connectivity index (χ3n) is 5.66. The van der Waals surface area contributed by atoms with E-state index in [1.54, 1.807) is 6.07 Å². The fourth-order valence-corrected chi connectivity index (χ4v) is 4.12. The third kappa shape index (κ3) is 3.38. The fraction of sp³-hybridized carbons (Fsp3) is 0.364. The largest absolute Gasteiger partial charge is 0.378 e. The van der Waals surface area contributed by atoms with Gasteiger partial charge in [-0.25, -0.2) is 0 Å². The van der Waals surface area contributed by atoms with E-state index in [0.717, 1.165) is 16.0 Å². The summed E-state index contributed by atoms with van der Waals surface area (Å²) in [6.45, 7) is 0.513. The average Bonchev–Trinajstić information content (AvgIpc) is 3.05. The molecule has 0 saturated carbocycles. The molecule has 0 aromatic heterocycles. The molecule has 0 radical (unpaired) electrons. The molecule has 2 heterocycles. The second kappa shape index (κ2) is 7.97. The minimum Gasteiger partial charge on any atom is -0.378 e. The van der Waals surface area contributed by atoms with Crippen LogP contribution in [0.3, 0.4) is 0 Å². The molecule has 4 rings (SSSR count). The summed E-state index contributed by atoms with van der Waals surface area (Å²) in [5.41, 5.74) is 2.84. The molecule has 1 aromatic rings. The van der Waals surface area contributed by atoms with Crippen LogP contribution >= 0.6 is 0 Å². The Kier molecular flexibility index (Phi) is 5.36. The maximum absolute atomic E-state index is 13.0. The van der Waals surface area contributed by atoms with Crippen molar-refractivity contribution in [2.45, 2.75) is 12.5 Å². The van der Waals surface area contributed by atoms with Crippen LogP contribution in [0.25, 0.3) is 5.57 Å². The molecule has 1 aliphatic carbocycles. The molecule has 0 saturated heterocycles. The van der Waals surface area contributed by atoms with Crippen LogP contribution in [0, 0.1) is 0 Å². The standard InChI is InChI=1S/C22H23N3O5/c1-23(2)17-7-6-16-20-14(17)4-3-5-15(20)21(28)25(22(16)29)11-13-30-12-10-24-18(26)8-9-19(24)27/h3-6,8-9,17H,7,10-13H2,1-2H3. The first-order valence-corrected chi connectivity index (χ1v) is 9.87. The Morgan fingerprint density at radius 3 is 2.30 bits per heavy atom. The Morgan fingerprint density at radius 1 is 0.967 bits per heavy atom. The number of hydrogen-bond donors (Lipinski definition) is 0. The normalized spacial score (nSPS) is 20.4. The number of nitrogens with zero attached hydrogens (tertiary/aromatic N) is 3. The van der Waals surface area contributed by atoms with Gasteiger partial charge in [0.25, 0.3) is 23.6 Å². The second-order valence-electron chi connectivity index (χ2n) is 7.64. The third-order valence-corrected chi connectivity index (χ3v) is 5.66. The predicted molar refractivity (Wildman–Crippen MR) is 108 cm³/mol. The lowest BCUT2D eigenvalue weighted by Gasteiger charge is -2.36. The molecule has 0 spiro atoms. The number of carbonyl (C=O) groups is 4. The highest BCUT2D eigenvalue weighted by Crippen LogP contribution is 2.41. The summed E-state index contributed by atoms with van der Waals surface area (Å²) in [5, 5.41) is 0. The molecule has 1 atom stereocenters. The lowest BCUT2D eigenvalue weighted by molar-refractivity contribution is -0.137. The van der Waals surface area contributed by atoms with Crippen molar-refractivity contribution in [2.24, 2.45) is 0 Å². The van der Waals surface area contributed by atoms with E-state index in [1.165, 1.54) is 17.1 Å². The van der Waals surface area contributed by atoms with Gasteiger partial charge in [0.15, 0.2) is 0 Å². The van der Waals surface area contributed by atoms with E-state index >= 15 is 0 Å². The molecule has 8 heteroatoms. The molecule has 0 fully saturated rings. The molecule has 30 heavy (non-hydrogen) atoms. The first-order valence-electron chi connectivity index (χ1n) is 9.87. The molecular formula is C22H23N3O5. The molecule has 156 valence electrons. The van der Waals surface area contributed by atoms with E-state index in [9.17, 15) is 19.2 Å². The van der Waals surface area contributed by atoms with Crippen molar-refractivity contribution in [3.05, 3.63) is 53.1 Å². The van der Waals surface area contributed by atoms with Crippen LogP contribution in [0.15, 0.2) is 36.4 Å². The Bertz CT molecular complexity index is 976. The van der Waals surface area contributed by atoms with Crippen LogP contribution in [0.5, 0.6) is 0 Å². The van der Waals surface area contributed by atoms with Crippen LogP contribution in [0.4, 0.5) is 0 Å². The molecule has 4 amide bonds. The molecular weight excluding hydrogens is 386 g/mol. The quantitative estimate of drug-likeness (QED) is 0.493. The number of carbonyl (C=O) groups excluding carboxylic acids is 4. The van der Waals surface area contributed by atoms with Crippen molar-refractivity contribution in [3.63, 3.8) is 0 Å². The zero-order chi connectivity index (χ0) is 21.4. The highest BCUT2D eigenvalue weighted by Gasteiger charge is 2.39. The second-order valence-corrected chi connectivity index (χ2v) is 7.64. The summed E-state index contributed by atoms with van der Waals surface area (Å²) >= 11 is 0. The summed E-state index contributed by atoms with van der Waals surface area (Å²) in [7, 11) is 3.97. The molecule has 0 N–H and O–H groups in total. The Hall–Kier alpha value is -3.10. The molecule has 8 nitrogen and oxygen atoms in total. The van der Waals surface area contributed by atoms with Gasteiger partial charge in [-0.3, -0.25) is 29.0 Å². The first-order chi connectivity index (χ1) is 14.4. The molecule has 2 aliphatic heterocycles. The van der Waals surface area contributed by atoms with Gasteiger partial charge >= 0.3 is 0 Å². The number of ether oxygens (including phenoxy) is 1. The maximum Gasteiger partial charge on any atom is 0.261 e. The number of amides is 4. The van der Waals surface area contributed by atoms with Gasteiger partial charge in [-0.15, -0.1) is 0 Å². The van der Waals surface area contributed by atoms with Crippen molar-refractivity contribution in [1.29, 1.82) is 0 Å². The lowest BCUT2D eigenvalue weighted by atomic mass is 9.81. The Balaban J connectivity index is 1.42. The Morgan fingerprint density at radius 2 is 1.63 bits per heavy atom. The van der Waals surface area contributed by atoms with Gasteiger partial charge in [0.2, 0.25) is 0 Å². The highest BCUT2D eigenvalue weighted by atomic mass is 16.5. The summed E-state index contributed by atoms with van der Waals surface area (Å²) in [4.78, 5) is 53.4. The van der Waals surface area contributed by atoms with Crippen molar-refractivity contribution < 1.29 is 23.9 Å². The number of imide groups is 2. The average molecular weight is 409 g/mol. The van der Waals surface area contributed by atoms with Crippen LogP contribution in [-0.2, 0) is 19.1 Å². The molecule has 0 bridgehead atoms. The van der Waals surface area contributed by atoms with E-state index in [-0.39, 0.29) is 56.0 Å². The van der Waals surface area contributed by atoms with Crippen LogP contribution in [-0.4, -0.2) is 78.7 Å². The lowest BCUT2D eigenvalue weighted by Crippen LogP contribution is -2.45. The fourth-order valence-electron chi connectivity index (χ4n) is 4.12. The van der Waals surface area contributed by atoms with Gasteiger partial charge in [0.1, 0.15) is 0 Å². The minimum atomic E-state index is -0.363. The highest BCUT2D eigenvalue weighted by molar-refractivity contribution is 6.31. The van der Waals surface area contributed by atoms with Gasteiger partial charge in [0.05, 0.1) is 26.3 Å². The molecule has 3 aliphatic rings. The van der Waals surface area contributed by atoms with E-state index in [0.29, 0.717) is 17.6 Å². The summed E-state index contributed by atoms with van der Waals surface area (Å²) in [5.74, 6) is -1.36. The maximum atomic E-state index is 13.0. The summed E-state index contributed by atoms with van der Waals surface area (Å²) in [6.07, 6.45) is 5.06. The molecule has 1 unspecified atom stereocenters. The van der Waals surface area contributed by atoms with Crippen molar-refractivity contribution in [3.8, 4) is 0 Å². The van der Waals surface area contributed by atoms with Crippen molar-refractivity contribution >= 4 is 29.2 Å². The minimum absolute atomic E-state index is 0.107. The summed E-state index contributed by atoms with van der Waals surface area (Å²) in [6, 6.07) is 5.72. The van der Waals surface area contributed by atoms with Crippen molar-refractivity contribution in [1.82, 2.24) is 14.7 Å². The van der Waals surface area contributed by atoms with Crippen LogP contribution in [0.1, 0.15) is 33.9 Å². The Labute approximate surface area is 174 Å². The smallest absolute Gasteiger partial charge is 0.261 e. The van der Waals surface area contributed by atoms with Gasteiger partial charge < -0.3 is 9.64 Å². The van der Waals surface area contributed by atoms with E-state index in [4.69, 9.17) is 4.74 Å². The number of benzene rings is 1. The van der Waals surface area contributed by atoms with E-state index < -0.39 is 0 Å². The summed E-state index contributed by atoms with van der Waals surface area (Å²) < 4.78 is 5.49. The van der Waals surface area contributed by atoms with Gasteiger partial charge in [-0.05, 0) is 32.1 Å². The predicted octanol–water partition coefficient (Wildman–Crippen LogP) is 1.00. The molecule has 1 aromatic carbocycles. The zero-order valence-corrected chi connectivity index (χ0v) is 17.0. The van der Waals surface area contributed by atoms with Crippen LogP contribution < -0.4 is 0 Å².